The highest BCUT2D eigenvalue weighted by molar-refractivity contribution is 5.45. The summed E-state index contributed by atoms with van der Waals surface area (Å²) in [5, 5.41) is 4.45. The summed E-state index contributed by atoms with van der Waals surface area (Å²) in [4.78, 5) is 8.95. The van der Waals surface area contributed by atoms with E-state index < -0.39 is 0 Å². The van der Waals surface area contributed by atoms with Gasteiger partial charge in [-0.25, -0.2) is 10.8 Å². The van der Waals surface area contributed by atoms with Gasteiger partial charge in [-0.2, -0.15) is 0 Å². The largest absolute Gasteiger partial charge is 0.384 e. The van der Waals surface area contributed by atoms with Crippen LogP contribution in [0.25, 0.3) is 5.65 Å². The van der Waals surface area contributed by atoms with E-state index in [2.05, 4.69) is 15.3 Å². The minimum absolute atomic E-state index is 0.481. The molecule has 0 fully saturated rings. The van der Waals surface area contributed by atoms with Crippen molar-refractivity contribution in [3.05, 3.63) is 41.5 Å². The molecule has 19 heavy (non-hydrogen) atoms. The molecule has 0 amide bonds. The van der Waals surface area contributed by atoms with E-state index in [4.69, 9.17) is 11.6 Å². The molecular weight excluding hydrogens is 242 g/mol. The Morgan fingerprint density at radius 3 is 2.63 bits per heavy atom. The highest BCUT2D eigenvalue weighted by atomic mass is 15.4. The maximum Gasteiger partial charge on any atom is 0.160 e. The Morgan fingerprint density at radius 1 is 1.37 bits per heavy atom. The average molecular weight is 261 g/mol. The Kier molecular flexibility index (Phi) is 3.57. The van der Waals surface area contributed by atoms with Crippen molar-refractivity contribution in [1.29, 1.82) is 0 Å². The fraction of sp³-hybridized carbons (Fsp3) is 0.333. The number of imidazole rings is 1. The van der Waals surface area contributed by atoms with E-state index in [9.17, 15) is 0 Å². The molecule has 7 heteroatoms. The van der Waals surface area contributed by atoms with Crippen LogP contribution in [0.15, 0.2) is 24.4 Å². The first-order chi connectivity index (χ1) is 8.95. The molecule has 2 rings (SSSR count). The SMILES string of the molecule is Cc1cn2cc(C)nc2c(CN/C(N)=C/N(C)N)n1. The summed E-state index contributed by atoms with van der Waals surface area (Å²) in [6.07, 6.45) is 5.52. The Morgan fingerprint density at radius 2 is 2.00 bits per heavy atom. The molecule has 0 radical (unpaired) electrons. The Hall–Kier alpha value is -2.28. The molecule has 0 aromatic carbocycles. The second kappa shape index (κ2) is 5.15. The molecule has 0 aliphatic rings. The fourth-order valence-corrected chi connectivity index (χ4v) is 1.89. The zero-order valence-electron chi connectivity index (χ0n) is 11.4. The molecule has 0 aliphatic carbocycles. The standard InChI is InChI=1S/C12H19N7/c1-8-5-19-6-9(2)17-12(19)10(16-8)4-15-11(13)7-18(3)14/h5-7,15H,4,13-14H2,1-3H3/b11-7+. The first kappa shape index (κ1) is 13.2. The number of aromatic nitrogens is 3. The van der Waals surface area contributed by atoms with Gasteiger partial charge in [0.1, 0.15) is 11.5 Å². The number of nitrogens with one attached hydrogen (secondary N) is 1. The molecule has 0 unspecified atom stereocenters. The number of hydrazine groups is 1. The zero-order chi connectivity index (χ0) is 14.0. The second-order valence-corrected chi connectivity index (χ2v) is 4.55. The number of nitrogens with two attached hydrogens (primary N) is 2. The summed E-state index contributed by atoms with van der Waals surface area (Å²) in [5.41, 5.74) is 9.36. The van der Waals surface area contributed by atoms with Gasteiger partial charge in [-0.1, -0.05) is 0 Å². The summed E-state index contributed by atoms with van der Waals surface area (Å²) in [6, 6.07) is 0. The van der Waals surface area contributed by atoms with Crippen LogP contribution in [0.5, 0.6) is 0 Å². The first-order valence-electron chi connectivity index (χ1n) is 5.96. The van der Waals surface area contributed by atoms with E-state index >= 15 is 0 Å². The van der Waals surface area contributed by atoms with E-state index in [1.807, 2.05) is 30.6 Å². The molecule has 0 bridgehead atoms. The van der Waals surface area contributed by atoms with Gasteiger partial charge in [0.25, 0.3) is 0 Å². The van der Waals surface area contributed by atoms with Crippen molar-refractivity contribution in [3.63, 3.8) is 0 Å². The summed E-state index contributed by atoms with van der Waals surface area (Å²) < 4.78 is 1.98. The van der Waals surface area contributed by atoms with E-state index in [1.165, 1.54) is 5.01 Å². The topological polar surface area (TPSA) is 97.5 Å². The molecule has 102 valence electrons. The van der Waals surface area contributed by atoms with Gasteiger partial charge in [-0.15, -0.1) is 0 Å². The van der Waals surface area contributed by atoms with E-state index in [0.717, 1.165) is 22.7 Å². The summed E-state index contributed by atoms with van der Waals surface area (Å²) in [5.74, 6) is 5.97. The van der Waals surface area contributed by atoms with Crippen molar-refractivity contribution >= 4 is 5.65 Å². The molecular formula is C12H19N7. The number of rotatable bonds is 4. The van der Waals surface area contributed by atoms with Crippen LogP contribution >= 0.6 is 0 Å². The van der Waals surface area contributed by atoms with Gasteiger partial charge in [0.2, 0.25) is 0 Å². The molecule has 0 atom stereocenters. The van der Waals surface area contributed by atoms with Gasteiger partial charge in [-0.05, 0) is 13.8 Å². The second-order valence-electron chi connectivity index (χ2n) is 4.55. The van der Waals surface area contributed by atoms with Gasteiger partial charge in [-0.3, -0.25) is 4.98 Å². The fourth-order valence-electron chi connectivity index (χ4n) is 1.89. The van der Waals surface area contributed by atoms with Crippen molar-refractivity contribution < 1.29 is 0 Å². The minimum Gasteiger partial charge on any atom is -0.384 e. The first-order valence-corrected chi connectivity index (χ1v) is 5.96. The van der Waals surface area contributed by atoms with Gasteiger partial charge < -0.3 is 20.5 Å². The van der Waals surface area contributed by atoms with Gasteiger partial charge >= 0.3 is 0 Å². The molecule has 0 saturated carbocycles. The number of nitrogens with zero attached hydrogens (tertiary/aromatic N) is 4. The Bertz CT molecular complexity index is 612. The predicted octanol–water partition coefficient (Wildman–Crippen LogP) is -0.00116. The molecule has 7 nitrogen and oxygen atoms in total. The number of hydrogen-bond acceptors (Lipinski definition) is 6. The molecule has 0 aliphatic heterocycles. The van der Waals surface area contributed by atoms with Crippen LogP contribution in [0.2, 0.25) is 0 Å². The summed E-state index contributed by atoms with van der Waals surface area (Å²) in [7, 11) is 1.70. The predicted molar refractivity (Wildman–Crippen MR) is 73.5 cm³/mol. The van der Waals surface area contributed by atoms with Gasteiger partial charge in [0, 0.05) is 19.4 Å². The van der Waals surface area contributed by atoms with Crippen molar-refractivity contribution in [2.24, 2.45) is 11.6 Å². The van der Waals surface area contributed by atoms with Gasteiger partial charge in [0.05, 0.1) is 24.1 Å². The van der Waals surface area contributed by atoms with E-state index in [1.54, 1.807) is 13.2 Å². The van der Waals surface area contributed by atoms with Crippen LogP contribution in [0.1, 0.15) is 17.1 Å². The van der Waals surface area contributed by atoms with Crippen LogP contribution < -0.4 is 16.9 Å². The quantitative estimate of drug-likeness (QED) is 0.529. The number of fused-ring (bicyclic) bond motifs is 1. The smallest absolute Gasteiger partial charge is 0.160 e. The lowest BCUT2D eigenvalue weighted by Crippen LogP contribution is -2.27. The lowest BCUT2D eigenvalue weighted by atomic mass is 10.4. The molecule has 0 spiro atoms. The summed E-state index contributed by atoms with van der Waals surface area (Å²) in [6.45, 7) is 4.40. The molecule has 2 aromatic rings. The third-order valence-corrected chi connectivity index (χ3v) is 2.55. The average Bonchev–Trinajstić information content (AvgIpc) is 2.65. The van der Waals surface area contributed by atoms with E-state index in [-0.39, 0.29) is 0 Å². The lowest BCUT2D eigenvalue weighted by molar-refractivity contribution is 0.474. The molecule has 0 saturated heterocycles. The third kappa shape index (κ3) is 3.14. The van der Waals surface area contributed by atoms with Crippen LogP contribution in [0.3, 0.4) is 0 Å². The van der Waals surface area contributed by atoms with Crippen molar-refractivity contribution in [2.45, 2.75) is 20.4 Å². The van der Waals surface area contributed by atoms with Crippen molar-refractivity contribution in [2.75, 3.05) is 7.05 Å². The maximum atomic E-state index is 5.78. The summed E-state index contributed by atoms with van der Waals surface area (Å²) >= 11 is 0. The minimum atomic E-state index is 0.481. The van der Waals surface area contributed by atoms with Crippen LogP contribution in [0, 0.1) is 13.8 Å². The third-order valence-electron chi connectivity index (χ3n) is 2.55. The van der Waals surface area contributed by atoms with Crippen LogP contribution in [-0.4, -0.2) is 26.4 Å². The van der Waals surface area contributed by atoms with Crippen LogP contribution in [0.4, 0.5) is 0 Å². The monoisotopic (exact) mass is 261 g/mol. The highest BCUT2D eigenvalue weighted by Crippen LogP contribution is 2.10. The molecule has 2 aromatic heterocycles. The van der Waals surface area contributed by atoms with Crippen molar-refractivity contribution in [3.8, 4) is 0 Å². The maximum absolute atomic E-state index is 5.78. The normalized spacial score (nSPS) is 11.9. The zero-order valence-corrected chi connectivity index (χ0v) is 11.4. The van der Waals surface area contributed by atoms with Gasteiger partial charge in [0.15, 0.2) is 5.65 Å². The Balaban J connectivity index is 2.25. The number of aryl methyl sites for hydroxylation is 2. The van der Waals surface area contributed by atoms with Crippen molar-refractivity contribution in [1.82, 2.24) is 24.7 Å². The highest BCUT2D eigenvalue weighted by Gasteiger charge is 2.07. The number of hydrogen-bond donors (Lipinski definition) is 3. The van der Waals surface area contributed by atoms with E-state index in [0.29, 0.717) is 12.4 Å². The Labute approximate surface area is 111 Å². The van der Waals surface area contributed by atoms with Crippen LogP contribution in [-0.2, 0) is 6.54 Å². The lowest BCUT2D eigenvalue weighted by Gasteiger charge is -2.10. The molecule has 5 N–H and O–H groups in total. The molecule has 2 heterocycles.